The molecule has 0 spiro atoms. The Morgan fingerprint density at radius 2 is 1.86 bits per heavy atom. The van der Waals surface area contributed by atoms with Gasteiger partial charge >= 0.3 is 0 Å². The smallest absolute Gasteiger partial charge is 0.253 e. The number of amides is 1. The summed E-state index contributed by atoms with van der Waals surface area (Å²) in [6.45, 7) is 4.07. The molecule has 0 aromatic heterocycles. The van der Waals surface area contributed by atoms with Crippen LogP contribution in [0.3, 0.4) is 0 Å². The first-order chi connectivity index (χ1) is 13.2. The topological polar surface area (TPSA) is 94.1 Å². The maximum absolute atomic E-state index is 12.0. The summed E-state index contributed by atoms with van der Waals surface area (Å²) in [5.41, 5.74) is 1.75. The van der Waals surface area contributed by atoms with Crippen molar-refractivity contribution in [3.05, 3.63) is 35.4 Å². The highest BCUT2D eigenvalue weighted by atomic mass is 32.2. The van der Waals surface area contributed by atoms with E-state index in [-0.39, 0.29) is 5.91 Å². The van der Waals surface area contributed by atoms with Crippen LogP contribution in [0.25, 0.3) is 0 Å². The second kappa shape index (κ2) is 11.7. The van der Waals surface area contributed by atoms with E-state index >= 15 is 0 Å². The zero-order valence-corrected chi connectivity index (χ0v) is 18.3. The molecule has 0 fully saturated rings. The summed E-state index contributed by atoms with van der Waals surface area (Å²) in [5, 5.41) is 6.42. The molecule has 158 valence electrons. The van der Waals surface area contributed by atoms with Crippen LogP contribution in [0.15, 0.2) is 29.3 Å². The molecule has 0 bridgehead atoms. The van der Waals surface area contributed by atoms with Crippen molar-refractivity contribution >= 4 is 21.9 Å². The summed E-state index contributed by atoms with van der Waals surface area (Å²) in [7, 11) is 2.02. The van der Waals surface area contributed by atoms with Crippen LogP contribution >= 0.6 is 0 Å². The van der Waals surface area contributed by atoms with Crippen molar-refractivity contribution in [2.45, 2.75) is 19.8 Å². The Bertz CT molecular complexity index is 763. The van der Waals surface area contributed by atoms with Crippen LogP contribution in [0.1, 0.15) is 29.3 Å². The molecule has 1 rings (SSSR count). The number of benzene rings is 1. The lowest BCUT2D eigenvalue weighted by Crippen LogP contribution is -2.40. The Balaban J connectivity index is 2.41. The van der Waals surface area contributed by atoms with Gasteiger partial charge in [-0.1, -0.05) is 19.1 Å². The number of aliphatic imine (C=N–C) groups is 1. The van der Waals surface area contributed by atoms with Gasteiger partial charge in [-0.25, -0.2) is 12.7 Å². The molecular formula is C19H33N5O3S. The van der Waals surface area contributed by atoms with Gasteiger partial charge in [0.2, 0.25) is 10.0 Å². The molecule has 1 aromatic rings. The second-order valence-electron chi connectivity index (χ2n) is 6.68. The Morgan fingerprint density at radius 3 is 2.43 bits per heavy atom. The number of hydrogen-bond acceptors (Lipinski definition) is 4. The van der Waals surface area contributed by atoms with E-state index < -0.39 is 10.0 Å². The maximum atomic E-state index is 12.0. The van der Waals surface area contributed by atoms with Gasteiger partial charge in [0.15, 0.2) is 5.96 Å². The number of carbonyl (C=O) groups is 1. The van der Waals surface area contributed by atoms with Crippen molar-refractivity contribution < 1.29 is 13.2 Å². The summed E-state index contributed by atoms with van der Waals surface area (Å²) >= 11 is 0. The van der Waals surface area contributed by atoms with E-state index in [1.54, 1.807) is 26.0 Å². The quantitative estimate of drug-likeness (QED) is 0.337. The average Bonchev–Trinajstić information content (AvgIpc) is 2.65. The second-order valence-corrected chi connectivity index (χ2v) is 8.67. The van der Waals surface area contributed by atoms with Crippen LogP contribution in [0, 0.1) is 0 Å². The number of rotatable bonds is 10. The largest absolute Gasteiger partial charge is 0.356 e. The standard InChI is InChI=1S/C19H33N5O3S/c1-6-24(28(5,26)27)14-8-12-21-19(20-2)22-13-11-16-9-7-10-17(15-16)18(25)23(3)4/h7,9-10,15H,6,8,11-14H2,1-5H3,(H2,20,21,22). The Kier molecular flexibility index (Phi) is 9.95. The zero-order chi connectivity index (χ0) is 21.2. The molecule has 0 radical (unpaired) electrons. The summed E-state index contributed by atoms with van der Waals surface area (Å²) in [6.07, 6.45) is 2.68. The highest BCUT2D eigenvalue weighted by molar-refractivity contribution is 7.88. The molecule has 0 aliphatic rings. The maximum Gasteiger partial charge on any atom is 0.253 e. The molecule has 1 aromatic carbocycles. The molecular weight excluding hydrogens is 378 g/mol. The van der Waals surface area contributed by atoms with Crippen LogP contribution in [0.5, 0.6) is 0 Å². The zero-order valence-electron chi connectivity index (χ0n) is 17.5. The fourth-order valence-corrected chi connectivity index (χ4v) is 3.61. The number of guanidine groups is 1. The Morgan fingerprint density at radius 1 is 1.18 bits per heavy atom. The van der Waals surface area contributed by atoms with Gasteiger partial charge in [0.05, 0.1) is 6.26 Å². The lowest BCUT2D eigenvalue weighted by atomic mass is 10.1. The van der Waals surface area contributed by atoms with E-state index in [1.165, 1.54) is 10.6 Å². The minimum absolute atomic E-state index is 0.0116. The Hall–Kier alpha value is -2.13. The predicted octanol–water partition coefficient (Wildman–Crippen LogP) is 0.768. The van der Waals surface area contributed by atoms with Gasteiger partial charge < -0.3 is 15.5 Å². The molecule has 0 saturated heterocycles. The normalized spacial score (nSPS) is 12.1. The molecule has 0 aliphatic heterocycles. The third-order valence-corrected chi connectivity index (χ3v) is 5.59. The van der Waals surface area contributed by atoms with Crippen molar-refractivity contribution in [2.75, 3.05) is 53.6 Å². The minimum atomic E-state index is -3.15. The summed E-state index contributed by atoms with van der Waals surface area (Å²) in [5.74, 6) is 0.658. The average molecular weight is 412 g/mol. The third-order valence-electron chi connectivity index (χ3n) is 4.21. The van der Waals surface area contributed by atoms with Crippen molar-refractivity contribution in [1.82, 2.24) is 19.8 Å². The van der Waals surface area contributed by atoms with Crippen LogP contribution in [-0.2, 0) is 16.4 Å². The molecule has 0 unspecified atom stereocenters. The van der Waals surface area contributed by atoms with E-state index in [1.807, 2.05) is 31.2 Å². The van der Waals surface area contributed by atoms with Gasteiger partial charge in [-0.2, -0.15) is 0 Å². The van der Waals surface area contributed by atoms with Crippen LogP contribution in [0.4, 0.5) is 0 Å². The van der Waals surface area contributed by atoms with Crippen molar-refractivity contribution in [3.63, 3.8) is 0 Å². The van der Waals surface area contributed by atoms with E-state index in [4.69, 9.17) is 0 Å². The van der Waals surface area contributed by atoms with Crippen LogP contribution < -0.4 is 10.6 Å². The molecule has 0 heterocycles. The molecule has 0 aliphatic carbocycles. The monoisotopic (exact) mass is 411 g/mol. The fourth-order valence-electron chi connectivity index (χ4n) is 2.68. The summed E-state index contributed by atoms with van der Waals surface area (Å²) in [6, 6.07) is 7.61. The van der Waals surface area contributed by atoms with Crippen molar-refractivity contribution in [1.29, 1.82) is 0 Å². The summed E-state index contributed by atoms with van der Waals surface area (Å²) in [4.78, 5) is 17.8. The van der Waals surface area contributed by atoms with Gasteiger partial charge in [-0.05, 0) is 30.5 Å². The van der Waals surface area contributed by atoms with Crippen molar-refractivity contribution in [2.24, 2.45) is 4.99 Å². The van der Waals surface area contributed by atoms with Gasteiger partial charge in [0.25, 0.3) is 5.91 Å². The number of nitrogens with one attached hydrogen (secondary N) is 2. The van der Waals surface area contributed by atoms with E-state index in [2.05, 4.69) is 15.6 Å². The first kappa shape index (κ1) is 23.9. The van der Waals surface area contributed by atoms with Crippen molar-refractivity contribution in [3.8, 4) is 0 Å². The molecule has 2 N–H and O–H groups in total. The van der Waals surface area contributed by atoms with Crippen LogP contribution in [-0.4, -0.2) is 83.1 Å². The van der Waals surface area contributed by atoms with E-state index in [9.17, 15) is 13.2 Å². The van der Waals surface area contributed by atoms with Gasteiger partial charge in [0, 0.05) is 52.9 Å². The summed E-state index contributed by atoms with van der Waals surface area (Å²) < 4.78 is 24.6. The third kappa shape index (κ3) is 8.26. The lowest BCUT2D eigenvalue weighted by molar-refractivity contribution is 0.0827. The van der Waals surface area contributed by atoms with Gasteiger partial charge in [0.1, 0.15) is 0 Å². The minimum Gasteiger partial charge on any atom is -0.356 e. The Labute approximate surface area is 169 Å². The van der Waals surface area contributed by atoms with E-state index in [0.29, 0.717) is 44.1 Å². The first-order valence-electron chi connectivity index (χ1n) is 9.39. The number of sulfonamides is 1. The number of nitrogens with zero attached hydrogens (tertiary/aromatic N) is 3. The predicted molar refractivity (Wildman–Crippen MR) is 114 cm³/mol. The SMILES string of the molecule is CCN(CCCNC(=NC)NCCc1cccc(C(=O)N(C)C)c1)S(C)(=O)=O. The van der Waals surface area contributed by atoms with E-state index in [0.717, 1.165) is 12.0 Å². The highest BCUT2D eigenvalue weighted by Gasteiger charge is 2.13. The lowest BCUT2D eigenvalue weighted by Gasteiger charge is -2.18. The van der Waals surface area contributed by atoms with Gasteiger partial charge in [-0.3, -0.25) is 9.79 Å². The van der Waals surface area contributed by atoms with Gasteiger partial charge in [-0.15, -0.1) is 0 Å². The molecule has 9 heteroatoms. The molecule has 1 amide bonds. The number of carbonyl (C=O) groups excluding carboxylic acids is 1. The molecule has 28 heavy (non-hydrogen) atoms. The molecule has 0 saturated carbocycles. The van der Waals surface area contributed by atoms with Crippen LogP contribution in [0.2, 0.25) is 0 Å². The molecule has 8 nitrogen and oxygen atoms in total. The number of hydrogen-bond donors (Lipinski definition) is 2. The fraction of sp³-hybridized carbons (Fsp3) is 0.579. The highest BCUT2D eigenvalue weighted by Crippen LogP contribution is 2.07. The molecule has 0 atom stereocenters. The first-order valence-corrected chi connectivity index (χ1v) is 11.2.